The standard InChI is InChI=1S/C70H116O6/c1-4-7-10-13-16-19-21-23-25-27-28-29-30-31-32-33-34-35-36-37-38-39-40-41-42-44-45-47-49-51-54-57-60-63-69(72)75-66-67(65-74-68(71)62-59-56-53-18-15-12-9-6-3)76-70(73)64-61-58-55-52-50-48-46-43-26-24-22-20-17-14-11-8-5-2/h7-8,10-11,16-17,19-20,23-26,28-29,31-32,34-35,37-38,67H,4-6,9,12-15,18,21-22,27,30,33,36,39-66H2,1-3H3/b10-7-,11-8-,19-16-,20-17-,25-23-,26-24-,29-28-,32-31-,35-34-,38-37-. The maximum atomic E-state index is 12.8. The second kappa shape index (κ2) is 63.3. The second-order valence-corrected chi connectivity index (χ2v) is 20.6. The monoisotopic (exact) mass is 1050 g/mol. The van der Waals surface area contributed by atoms with E-state index in [2.05, 4.69) is 142 Å². The van der Waals surface area contributed by atoms with Crippen molar-refractivity contribution in [1.29, 1.82) is 0 Å². The molecule has 0 N–H and O–H groups in total. The summed E-state index contributed by atoms with van der Waals surface area (Å²) in [6, 6.07) is 0. The molecule has 0 saturated heterocycles. The van der Waals surface area contributed by atoms with Crippen LogP contribution in [0.15, 0.2) is 122 Å². The van der Waals surface area contributed by atoms with Crippen molar-refractivity contribution in [2.75, 3.05) is 13.2 Å². The summed E-state index contributed by atoms with van der Waals surface area (Å²) >= 11 is 0. The third-order valence-electron chi connectivity index (χ3n) is 13.2. The lowest BCUT2D eigenvalue weighted by Crippen LogP contribution is -2.30. The molecule has 0 radical (unpaired) electrons. The molecule has 76 heavy (non-hydrogen) atoms. The molecule has 0 aliphatic rings. The zero-order valence-corrected chi connectivity index (χ0v) is 49.5. The zero-order chi connectivity index (χ0) is 55.0. The molecule has 0 aromatic rings. The molecule has 0 aliphatic heterocycles. The van der Waals surface area contributed by atoms with Gasteiger partial charge in [0.15, 0.2) is 6.10 Å². The van der Waals surface area contributed by atoms with Crippen LogP contribution in [0.5, 0.6) is 0 Å². The van der Waals surface area contributed by atoms with Crippen LogP contribution in [-0.4, -0.2) is 37.2 Å². The molecule has 6 nitrogen and oxygen atoms in total. The van der Waals surface area contributed by atoms with Crippen LogP contribution in [0.3, 0.4) is 0 Å². The summed E-state index contributed by atoms with van der Waals surface area (Å²) in [7, 11) is 0. The number of ether oxygens (including phenoxy) is 3. The summed E-state index contributed by atoms with van der Waals surface area (Å²) < 4.78 is 16.8. The Morgan fingerprint density at radius 1 is 0.276 bits per heavy atom. The van der Waals surface area contributed by atoms with Crippen molar-refractivity contribution in [3.8, 4) is 0 Å². The van der Waals surface area contributed by atoms with E-state index in [0.717, 1.165) is 128 Å². The number of carbonyl (C=O) groups excluding carboxylic acids is 3. The summed E-state index contributed by atoms with van der Waals surface area (Å²) in [5.74, 6) is -0.897. The SMILES string of the molecule is CC/C=C\C/C=C\C/C=C\C/C=C\C/C=C\C/C=C\C/C=C\CCCCCCCCCCCCCC(=O)OCC(COC(=O)CCCCCCCCCC)OC(=O)CCCCCCCCC/C=C\C/C=C\C/C=C\CC. The molecule has 1 atom stereocenters. The Morgan fingerprint density at radius 2 is 0.513 bits per heavy atom. The van der Waals surface area contributed by atoms with Crippen LogP contribution in [0.4, 0.5) is 0 Å². The Hall–Kier alpha value is -4.19. The Morgan fingerprint density at radius 3 is 0.803 bits per heavy atom. The first-order chi connectivity index (χ1) is 37.5. The Bertz CT molecular complexity index is 1590. The van der Waals surface area contributed by atoms with Gasteiger partial charge in [0.25, 0.3) is 0 Å². The number of carbonyl (C=O) groups is 3. The number of allylic oxidation sites excluding steroid dienone is 20. The highest BCUT2D eigenvalue weighted by Crippen LogP contribution is 2.16. The predicted molar refractivity (Wildman–Crippen MR) is 330 cm³/mol. The quantitative estimate of drug-likeness (QED) is 0.0261. The lowest BCUT2D eigenvalue weighted by molar-refractivity contribution is -0.167. The van der Waals surface area contributed by atoms with Gasteiger partial charge in [-0.15, -0.1) is 0 Å². The van der Waals surface area contributed by atoms with Gasteiger partial charge in [0.1, 0.15) is 13.2 Å². The van der Waals surface area contributed by atoms with Gasteiger partial charge in [0.2, 0.25) is 0 Å². The Labute approximate surface area is 469 Å². The third-order valence-corrected chi connectivity index (χ3v) is 13.2. The van der Waals surface area contributed by atoms with E-state index in [9.17, 15) is 14.4 Å². The van der Waals surface area contributed by atoms with E-state index in [1.54, 1.807) is 0 Å². The molecule has 0 aromatic heterocycles. The molecule has 432 valence electrons. The second-order valence-electron chi connectivity index (χ2n) is 20.6. The average Bonchev–Trinajstić information content (AvgIpc) is 3.42. The molecule has 0 aromatic carbocycles. The number of hydrogen-bond acceptors (Lipinski definition) is 6. The average molecular weight is 1050 g/mol. The van der Waals surface area contributed by atoms with Crippen LogP contribution in [0.1, 0.15) is 284 Å². The molecule has 0 amide bonds. The van der Waals surface area contributed by atoms with E-state index in [-0.39, 0.29) is 31.1 Å². The molecule has 0 saturated carbocycles. The first kappa shape index (κ1) is 71.8. The zero-order valence-electron chi connectivity index (χ0n) is 49.5. The largest absolute Gasteiger partial charge is 0.462 e. The summed E-state index contributed by atoms with van der Waals surface area (Å²) in [6.45, 7) is 6.38. The lowest BCUT2D eigenvalue weighted by atomic mass is 10.0. The molecule has 0 spiro atoms. The fraction of sp³-hybridized carbons (Fsp3) is 0.671. The molecule has 0 rings (SSSR count). The van der Waals surface area contributed by atoms with Crippen LogP contribution in [0.2, 0.25) is 0 Å². The molecule has 1 unspecified atom stereocenters. The first-order valence-electron chi connectivity index (χ1n) is 31.5. The minimum atomic E-state index is -0.784. The van der Waals surface area contributed by atoms with E-state index < -0.39 is 6.10 Å². The fourth-order valence-electron chi connectivity index (χ4n) is 8.56. The maximum absolute atomic E-state index is 12.8. The summed E-state index contributed by atoms with van der Waals surface area (Å²) in [6.07, 6.45) is 87.9. The van der Waals surface area contributed by atoms with E-state index in [4.69, 9.17) is 14.2 Å². The first-order valence-corrected chi connectivity index (χ1v) is 31.5. The number of rotatable bonds is 56. The predicted octanol–water partition coefficient (Wildman–Crippen LogP) is 21.6. The molecule has 0 bridgehead atoms. The van der Waals surface area contributed by atoms with Crippen molar-refractivity contribution in [3.63, 3.8) is 0 Å². The summed E-state index contributed by atoms with van der Waals surface area (Å²) in [5, 5.41) is 0. The topological polar surface area (TPSA) is 78.9 Å². The van der Waals surface area contributed by atoms with Crippen LogP contribution in [0, 0.1) is 0 Å². The van der Waals surface area contributed by atoms with Crippen molar-refractivity contribution >= 4 is 17.9 Å². The van der Waals surface area contributed by atoms with Gasteiger partial charge in [0, 0.05) is 19.3 Å². The van der Waals surface area contributed by atoms with Crippen molar-refractivity contribution in [2.24, 2.45) is 0 Å². The highest BCUT2D eigenvalue weighted by Gasteiger charge is 2.19. The molecular formula is C70H116O6. The van der Waals surface area contributed by atoms with Crippen molar-refractivity contribution < 1.29 is 28.6 Å². The van der Waals surface area contributed by atoms with Gasteiger partial charge >= 0.3 is 17.9 Å². The number of unbranched alkanes of at least 4 members (excludes halogenated alkanes) is 25. The maximum Gasteiger partial charge on any atom is 0.306 e. The van der Waals surface area contributed by atoms with Crippen LogP contribution in [0.25, 0.3) is 0 Å². The van der Waals surface area contributed by atoms with Gasteiger partial charge in [-0.3, -0.25) is 14.4 Å². The lowest BCUT2D eigenvalue weighted by Gasteiger charge is -2.18. The minimum Gasteiger partial charge on any atom is -0.462 e. The molecular weight excluding hydrogens is 937 g/mol. The van der Waals surface area contributed by atoms with Crippen LogP contribution in [-0.2, 0) is 28.6 Å². The minimum absolute atomic E-state index is 0.0823. The number of hydrogen-bond donors (Lipinski definition) is 0. The molecule has 0 aliphatic carbocycles. The highest BCUT2D eigenvalue weighted by molar-refractivity contribution is 5.71. The van der Waals surface area contributed by atoms with Gasteiger partial charge < -0.3 is 14.2 Å². The normalized spacial score (nSPS) is 12.9. The van der Waals surface area contributed by atoms with Crippen molar-refractivity contribution in [1.82, 2.24) is 0 Å². The third kappa shape index (κ3) is 60.7. The molecule has 6 heteroatoms. The van der Waals surface area contributed by atoms with Crippen LogP contribution < -0.4 is 0 Å². The molecule has 0 heterocycles. The molecule has 0 fully saturated rings. The van der Waals surface area contributed by atoms with Gasteiger partial charge in [-0.05, 0) is 109 Å². The summed E-state index contributed by atoms with van der Waals surface area (Å²) in [4.78, 5) is 38.1. The van der Waals surface area contributed by atoms with Crippen molar-refractivity contribution in [2.45, 2.75) is 290 Å². The number of esters is 3. The smallest absolute Gasteiger partial charge is 0.306 e. The van der Waals surface area contributed by atoms with Gasteiger partial charge in [0.05, 0.1) is 0 Å². The highest BCUT2D eigenvalue weighted by atomic mass is 16.6. The van der Waals surface area contributed by atoms with E-state index in [0.29, 0.717) is 19.3 Å². The van der Waals surface area contributed by atoms with Crippen molar-refractivity contribution in [3.05, 3.63) is 122 Å². The Balaban J connectivity index is 4.14. The Kier molecular flexibility index (Phi) is 59.9. The van der Waals surface area contributed by atoms with Gasteiger partial charge in [-0.1, -0.05) is 277 Å². The summed E-state index contributed by atoms with van der Waals surface area (Å²) in [5.41, 5.74) is 0. The van der Waals surface area contributed by atoms with E-state index >= 15 is 0 Å². The van der Waals surface area contributed by atoms with Crippen LogP contribution >= 0.6 is 0 Å². The van der Waals surface area contributed by atoms with E-state index in [1.165, 1.54) is 116 Å². The van der Waals surface area contributed by atoms with Gasteiger partial charge in [-0.25, -0.2) is 0 Å². The van der Waals surface area contributed by atoms with Gasteiger partial charge in [-0.2, -0.15) is 0 Å². The fourth-order valence-corrected chi connectivity index (χ4v) is 8.56. The van der Waals surface area contributed by atoms with E-state index in [1.807, 2.05) is 0 Å².